The van der Waals surface area contributed by atoms with Crippen molar-refractivity contribution >= 4 is 11.6 Å². The monoisotopic (exact) mass is 446 g/mol. The van der Waals surface area contributed by atoms with Crippen molar-refractivity contribution in [1.82, 2.24) is 15.0 Å². The lowest BCUT2D eigenvalue weighted by molar-refractivity contribution is -0.154. The second-order valence-corrected chi connectivity index (χ2v) is 8.65. The quantitative estimate of drug-likeness (QED) is 0.588. The number of aromatic nitrogens is 2. The van der Waals surface area contributed by atoms with Crippen LogP contribution in [0.25, 0.3) is 11.4 Å². The average molecular weight is 447 g/mol. The molecule has 1 saturated heterocycles. The Hall–Kier alpha value is -3.68. The molecule has 8 nitrogen and oxygen atoms in total. The van der Waals surface area contributed by atoms with E-state index in [-0.39, 0.29) is 11.8 Å². The topological polar surface area (TPSA) is 90.1 Å². The maximum absolute atomic E-state index is 13.2. The Morgan fingerprint density at radius 2 is 1.79 bits per heavy atom. The van der Waals surface area contributed by atoms with E-state index in [4.69, 9.17) is 14.1 Å². The summed E-state index contributed by atoms with van der Waals surface area (Å²) >= 11 is 0. The van der Waals surface area contributed by atoms with Gasteiger partial charge in [0.25, 0.3) is 5.91 Å². The van der Waals surface area contributed by atoms with Gasteiger partial charge in [-0.25, -0.2) is 0 Å². The van der Waals surface area contributed by atoms with E-state index in [0.717, 1.165) is 35.4 Å². The van der Waals surface area contributed by atoms with Crippen LogP contribution in [0.5, 0.6) is 5.75 Å². The smallest absolute Gasteiger partial charge is 0.269 e. The van der Waals surface area contributed by atoms with Crippen LogP contribution in [0.1, 0.15) is 43.6 Å². The maximum atomic E-state index is 13.2. The van der Waals surface area contributed by atoms with Crippen LogP contribution in [0, 0.1) is 0 Å². The van der Waals surface area contributed by atoms with Crippen LogP contribution in [0.3, 0.4) is 0 Å². The van der Waals surface area contributed by atoms with Gasteiger partial charge in [0, 0.05) is 31.0 Å². The summed E-state index contributed by atoms with van der Waals surface area (Å²) in [4.78, 5) is 25.4. The van der Waals surface area contributed by atoms with Gasteiger partial charge in [-0.15, -0.1) is 0 Å². The number of ether oxygens (including phenoxy) is 1. The number of oxime groups is 1. The van der Waals surface area contributed by atoms with E-state index < -0.39 is 5.60 Å². The van der Waals surface area contributed by atoms with Crippen molar-refractivity contribution in [2.45, 2.75) is 37.7 Å². The molecule has 3 heterocycles. The fraction of sp³-hybridized carbons (Fsp3) is 0.360. The first-order valence-electron chi connectivity index (χ1n) is 11.1. The fourth-order valence-electron chi connectivity index (χ4n) is 4.36. The van der Waals surface area contributed by atoms with E-state index in [1.807, 2.05) is 66.4 Å². The van der Waals surface area contributed by atoms with E-state index in [1.165, 1.54) is 0 Å². The zero-order valence-electron chi connectivity index (χ0n) is 18.7. The summed E-state index contributed by atoms with van der Waals surface area (Å²) in [5, 5.41) is 8.35. The highest BCUT2D eigenvalue weighted by molar-refractivity contribution is 6.05. The van der Waals surface area contributed by atoms with Crippen LogP contribution in [0.2, 0.25) is 0 Å². The van der Waals surface area contributed by atoms with Gasteiger partial charge in [-0.1, -0.05) is 40.6 Å². The van der Waals surface area contributed by atoms with Gasteiger partial charge >= 0.3 is 0 Å². The van der Waals surface area contributed by atoms with E-state index in [0.29, 0.717) is 31.2 Å². The molecule has 2 aliphatic heterocycles. The third-order valence-corrected chi connectivity index (χ3v) is 6.34. The lowest BCUT2D eigenvalue weighted by atomic mass is 9.91. The second-order valence-electron chi connectivity index (χ2n) is 8.65. The van der Waals surface area contributed by atoms with E-state index >= 15 is 0 Å². The summed E-state index contributed by atoms with van der Waals surface area (Å²) in [5.74, 6) is 2.05. The van der Waals surface area contributed by atoms with Crippen LogP contribution in [0.15, 0.2) is 64.3 Å². The predicted octanol–water partition coefficient (Wildman–Crippen LogP) is 4.03. The highest BCUT2D eigenvalue weighted by atomic mass is 16.7. The van der Waals surface area contributed by atoms with Gasteiger partial charge < -0.3 is 19.0 Å². The molecule has 1 aromatic heterocycles. The normalized spacial score (nSPS) is 20.9. The van der Waals surface area contributed by atoms with E-state index in [2.05, 4.69) is 15.3 Å². The van der Waals surface area contributed by atoms with Crippen LogP contribution >= 0.6 is 0 Å². The largest absolute Gasteiger partial charge is 0.497 e. The minimum absolute atomic E-state index is 0.0277. The van der Waals surface area contributed by atoms with Crippen molar-refractivity contribution in [3.63, 3.8) is 0 Å². The lowest BCUT2D eigenvalue weighted by Crippen LogP contribution is -2.49. The Morgan fingerprint density at radius 3 is 2.48 bits per heavy atom. The van der Waals surface area contributed by atoms with Crippen molar-refractivity contribution in [3.05, 3.63) is 66.1 Å². The summed E-state index contributed by atoms with van der Waals surface area (Å²) < 4.78 is 10.7. The molecule has 0 radical (unpaired) electrons. The minimum Gasteiger partial charge on any atom is -0.497 e. The number of benzene rings is 2. The van der Waals surface area contributed by atoms with Crippen molar-refractivity contribution in [3.8, 4) is 17.1 Å². The molecule has 0 spiro atoms. The SMILES string of the molecule is COc1ccc(-c2noc(C3CCN(C(=O)C4(C)CC(c5ccccc5)=NO4)CC3)n2)cc1. The first-order valence-corrected chi connectivity index (χ1v) is 11.1. The van der Waals surface area contributed by atoms with E-state index in [1.54, 1.807) is 7.11 Å². The number of methoxy groups -OCH3 is 1. The molecular weight excluding hydrogens is 420 g/mol. The number of hydrogen-bond acceptors (Lipinski definition) is 7. The molecule has 8 heteroatoms. The first kappa shape index (κ1) is 21.2. The molecular formula is C25H26N4O4. The maximum Gasteiger partial charge on any atom is 0.269 e. The van der Waals surface area contributed by atoms with Gasteiger partial charge in [0.15, 0.2) is 0 Å². The summed E-state index contributed by atoms with van der Waals surface area (Å²) in [6.07, 6.45) is 1.99. The lowest BCUT2D eigenvalue weighted by Gasteiger charge is -2.34. The second kappa shape index (κ2) is 8.69. The molecule has 5 rings (SSSR count). The average Bonchev–Trinajstić information content (AvgIpc) is 3.53. The first-order chi connectivity index (χ1) is 16.1. The van der Waals surface area contributed by atoms with Crippen molar-refractivity contribution < 1.29 is 18.9 Å². The number of carbonyl (C=O) groups is 1. The predicted molar refractivity (Wildman–Crippen MR) is 122 cm³/mol. The van der Waals surface area contributed by atoms with Crippen LogP contribution in [-0.2, 0) is 9.63 Å². The molecule has 0 saturated carbocycles. The molecule has 2 aliphatic rings. The van der Waals surface area contributed by atoms with Crippen LogP contribution < -0.4 is 4.74 Å². The Morgan fingerprint density at radius 1 is 1.06 bits per heavy atom. The minimum atomic E-state index is -0.968. The highest BCUT2D eigenvalue weighted by Gasteiger charge is 2.45. The molecule has 1 fully saturated rings. The Kier molecular flexibility index (Phi) is 5.58. The number of rotatable bonds is 5. The number of amides is 1. The summed E-state index contributed by atoms with van der Waals surface area (Å²) in [6.45, 7) is 3.05. The molecule has 2 aromatic carbocycles. The molecule has 1 unspecified atom stereocenters. The molecule has 1 amide bonds. The summed E-state index contributed by atoms with van der Waals surface area (Å²) in [5.41, 5.74) is 1.69. The number of likely N-dealkylation sites (tertiary alicyclic amines) is 1. The van der Waals surface area contributed by atoms with Gasteiger partial charge in [0.1, 0.15) is 5.75 Å². The van der Waals surface area contributed by atoms with Crippen LogP contribution in [-0.4, -0.2) is 52.5 Å². The van der Waals surface area contributed by atoms with E-state index in [9.17, 15) is 4.79 Å². The summed E-state index contributed by atoms with van der Waals surface area (Å²) in [6, 6.07) is 17.4. The third kappa shape index (κ3) is 4.20. The molecule has 0 N–H and O–H groups in total. The molecule has 170 valence electrons. The Bertz CT molecular complexity index is 1150. The van der Waals surface area contributed by atoms with Crippen molar-refractivity contribution in [2.24, 2.45) is 5.16 Å². The van der Waals surface area contributed by atoms with Crippen molar-refractivity contribution in [1.29, 1.82) is 0 Å². The third-order valence-electron chi connectivity index (χ3n) is 6.34. The Labute approximate surface area is 192 Å². The number of nitrogens with zero attached hydrogens (tertiary/aromatic N) is 4. The fourth-order valence-corrected chi connectivity index (χ4v) is 4.36. The van der Waals surface area contributed by atoms with Gasteiger partial charge in [-0.2, -0.15) is 4.98 Å². The molecule has 33 heavy (non-hydrogen) atoms. The number of hydrogen-bond donors (Lipinski definition) is 0. The zero-order chi connectivity index (χ0) is 22.8. The van der Waals surface area contributed by atoms with Gasteiger partial charge in [0.05, 0.1) is 12.8 Å². The molecule has 1 atom stereocenters. The number of carbonyl (C=O) groups excluding carboxylic acids is 1. The Balaban J connectivity index is 1.19. The van der Waals surface area contributed by atoms with Crippen LogP contribution in [0.4, 0.5) is 0 Å². The summed E-state index contributed by atoms with van der Waals surface area (Å²) in [7, 11) is 1.63. The zero-order valence-corrected chi connectivity index (χ0v) is 18.7. The van der Waals surface area contributed by atoms with Gasteiger partial charge in [-0.3, -0.25) is 4.79 Å². The van der Waals surface area contributed by atoms with Gasteiger partial charge in [-0.05, 0) is 49.6 Å². The number of piperidine rings is 1. The molecule has 0 aliphatic carbocycles. The molecule has 0 bridgehead atoms. The standard InChI is InChI=1S/C25H26N4O4/c1-25(16-21(27-33-25)17-6-4-3-5-7-17)24(30)29-14-12-19(13-15-29)23-26-22(28-32-23)18-8-10-20(31-2)11-9-18/h3-11,19H,12-16H2,1-2H3. The van der Waals surface area contributed by atoms with Gasteiger partial charge in [0.2, 0.25) is 17.3 Å². The molecule has 3 aromatic rings. The van der Waals surface area contributed by atoms with Crippen molar-refractivity contribution in [2.75, 3.05) is 20.2 Å². The highest BCUT2D eigenvalue weighted by Crippen LogP contribution is 2.33.